The normalized spacial score (nSPS) is 20.1. The molecule has 3 rings (SSSR count). The molecule has 180 valence electrons. The van der Waals surface area contributed by atoms with Crippen LogP contribution in [0.2, 0.25) is 10.0 Å². The van der Waals surface area contributed by atoms with Gasteiger partial charge in [0.1, 0.15) is 11.4 Å². The van der Waals surface area contributed by atoms with Gasteiger partial charge in [-0.15, -0.1) is 0 Å². The Morgan fingerprint density at radius 1 is 1.12 bits per heavy atom. The SMILES string of the molecule is CC(C)(C)OC(=O)N1CCCC1.O=CN1CCCC(C(O)c2c(O)ccc(Cl)c2Cl)CC1. The molecule has 1 aromatic carbocycles. The van der Waals surface area contributed by atoms with Gasteiger partial charge in [-0.2, -0.15) is 0 Å². The van der Waals surface area contributed by atoms with Crippen molar-refractivity contribution in [2.24, 2.45) is 5.92 Å². The van der Waals surface area contributed by atoms with Crippen LogP contribution in [0.4, 0.5) is 4.79 Å². The van der Waals surface area contributed by atoms with Gasteiger partial charge in [0.25, 0.3) is 0 Å². The Labute approximate surface area is 200 Å². The minimum Gasteiger partial charge on any atom is -0.508 e. The third-order valence-corrected chi connectivity index (χ3v) is 6.38. The Bertz CT molecular complexity index is 778. The molecule has 0 radical (unpaired) electrons. The predicted octanol–water partition coefficient (Wildman–Crippen LogP) is 5.01. The molecule has 2 saturated heterocycles. The molecule has 32 heavy (non-hydrogen) atoms. The Kier molecular flexibility index (Phi) is 9.92. The second-order valence-corrected chi connectivity index (χ2v) is 10.0. The molecule has 9 heteroatoms. The quantitative estimate of drug-likeness (QED) is 0.583. The summed E-state index contributed by atoms with van der Waals surface area (Å²) in [6.45, 7) is 8.68. The number of aliphatic hydroxyl groups excluding tert-OH is 1. The third kappa shape index (κ3) is 7.71. The van der Waals surface area contributed by atoms with Crippen LogP contribution in [0.1, 0.15) is 64.5 Å². The average Bonchev–Trinajstić information content (AvgIpc) is 3.16. The van der Waals surface area contributed by atoms with Crippen LogP contribution in [0.3, 0.4) is 0 Å². The highest BCUT2D eigenvalue weighted by Gasteiger charge is 2.28. The van der Waals surface area contributed by atoms with Crippen molar-refractivity contribution in [3.8, 4) is 5.75 Å². The number of phenolic OH excluding ortho intramolecular Hbond substituents is 1. The first-order valence-electron chi connectivity index (χ1n) is 11.1. The van der Waals surface area contributed by atoms with Gasteiger partial charge in [0.2, 0.25) is 6.41 Å². The Hall–Kier alpha value is -1.70. The largest absolute Gasteiger partial charge is 0.508 e. The topological polar surface area (TPSA) is 90.3 Å². The Morgan fingerprint density at radius 3 is 2.38 bits per heavy atom. The van der Waals surface area contributed by atoms with Gasteiger partial charge in [-0.25, -0.2) is 4.79 Å². The summed E-state index contributed by atoms with van der Waals surface area (Å²) < 4.78 is 5.21. The number of ether oxygens (including phenoxy) is 1. The van der Waals surface area contributed by atoms with Crippen molar-refractivity contribution < 1.29 is 24.5 Å². The molecule has 0 spiro atoms. The molecule has 1 aromatic rings. The maximum atomic E-state index is 11.4. The van der Waals surface area contributed by atoms with Crippen molar-refractivity contribution in [1.82, 2.24) is 9.80 Å². The van der Waals surface area contributed by atoms with Gasteiger partial charge < -0.3 is 24.7 Å². The van der Waals surface area contributed by atoms with Gasteiger partial charge in [0, 0.05) is 31.7 Å². The number of aliphatic hydroxyl groups is 1. The highest BCUT2D eigenvalue weighted by molar-refractivity contribution is 6.42. The Balaban J connectivity index is 0.000000258. The van der Waals surface area contributed by atoms with Gasteiger partial charge in [-0.3, -0.25) is 4.79 Å². The van der Waals surface area contributed by atoms with E-state index in [2.05, 4.69) is 0 Å². The zero-order valence-electron chi connectivity index (χ0n) is 19.0. The van der Waals surface area contributed by atoms with E-state index in [-0.39, 0.29) is 33.9 Å². The lowest BCUT2D eigenvalue weighted by molar-refractivity contribution is -0.118. The summed E-state index contributed by atoms with van der Waals surface area (Å²) in [4.78, 5) is 25.6. The number of carbonyl (C=O) groups is 2. The zero-order valence-corrected chi connectivity index (χ0v) is 20.5. The van der Waals surface area contributed by atoms with Crippen LogP contribution in [0.5, 0.6) is 5.75 Å². The molecular weight excluding hydrogens is 455 g/mol. The van der Waals surface area contributed by atoms with Crippen molar-refractivity contribution in [2.75, 3.05) is 26.2 Å². The number of benzene rings is 1. The molecule has 0 aromatic heterocycles. The number of amides is 2. The maximum Gasteiger partial charge on any atom is 0.410 e. The lowest BCUT2D eigenvalue weighted by Gasteiger charge is -2.23. The standard InChI is InChI=1S/C14H17Cl2NO3.C9H17NO2/c15-10-3-4-11(19)12(13(10)16)14(20)9-2-1-6-17(8-18)7-5-9;1-9(2,3)12-8(11)10-6-4-5-7-10/h3-4,8-9,14,19-20H,1-2,5-7H2;4-7H2,1-3H3. The number of hydrogen-bond acceptors (Lipinski definition) is 5. The molecule has 7 nitrogen and oxygen atoms in total. The lowest BCUT2D eigenvalue weighted by atomic mass is 9.89. The summed E-state index contributed by atoms with van der Waals surface area (Å²) in [6, 6.07) is 2.93. The minimum atomic E-state index is -0.882. The fourth-order valence-corrected chi connectivity index (χ4v) is 4.30. The smallest absolute Gasteiger partial charge is 0.410 e. The zero-order chi connectivity index (χ0) is 23.9. The first-order valence-corrected chi connectivity index (χ1v) is 11.8. The number of phenols is 1. The highest BCUT2D eigenvalue weighted by Crippen LogP contribution is 2.41. The highest BCUT2D eigenvalue weighted by atomic mass is 35.5. The number of carbonyl (C=O) groups excluding carboxylic acids is 2. The second kappa shape index (κ2) is 12.0. The van der Waals surface area contributed by atoms with Crippen molar-refractivity contribution >= 4 is 35.7 Å². The molecule has 2 aliphatic heterocycles. The lowest BCUT2D eigenvalue weighted by Crippen LogP contribution is -2.34. The van der Waals surface area contributed by atoms with Crippen molar-refractivity contribution in [1.29, 1.82) is 0 Å². The van der Waals surface area contributed by atoms with Gasteiger partial charge in [0.05, 0.1) is 16.1 Å². The average molecular weight is 489 g/mol. The van der Waals surface area contributed by atoms with Crippen LogP contribution in [0.25, 0.3) is 0 Å². The molecule has 2 atom stereocenters. The van der Waals surface area contributed by atoms with E-state index in [0.717, 1.165) is 45.2 Å². The number of rotatable bonds is 3. The summed E-state index contributed by atoms with van der Waals surface area (Å²) >= 11 is 12.0. The first kappa shape index (κ1) is 26.6. The molecule has 2 aliphatic rings. The molecule has 2 fully saturated rings. The molecule has 2 N–H and O–H groups in total. The van der Waals surface area contributed by atoms with E-state index in [1.807, 2.05) is 20.8 Å². The van der Waals surface area contributed by atoms with Gasteiger partial charge in [0.15, 0.2) is 0 Å². The van der Waals surface area contributed by atoms with Crippen LogP contribution < -0.4 is 0 Å². The van der Waals surface area contributed by atoms with E-state index in [1.165, 1.54) is 12.1 Å². The number of hydrogen-bond donors (Lipinski definition) is 2. The number of likely N-dealkylation sites (tertiary alicyclic amines) is 2. The molecular formula is C23H34Cl2N2O5. The monoisotopic (exact) mass is 488 g/mol. The van der Waals surface area contributed by atoms with Gasteiger partial charge in [-0.05, 0) is 70.9 Å². The molecule has 0 bridgehead atoms. The first-order chi connectivity index (χ1) is 15.0. The Morgan fingerprint density at radius 2 is 1.78 bits per heavy atom. The molecule has 0 saturated carbocycles. The van der Waals surface area contributed by atoms with E-state index < -0.39 is 6.10 Å². The van der Waals surface area contributed by atoms with Crippen LogP contribution in [0, 0.1) is 5.92 Å². The van der Waals surface area contributed by atoms with E-state index in [4.69, 9.17) is 27.9 Å². The maximum absolute atomic E-state index is 11.4. The molecule has 0 aliphatic carbocycles. The summed E-state index contributed by atoms with van der Waals surface area (Å²) in [6.07, 6.45) is 4.26. The number of aromatic hydroxyl groups is 1. The number of nitrogens with zero attached hydrogens (tertiary/aromatic N) is 2. The van der Waals surface area contributed by atoms with Gasteiger partial charge in [-0.1, -0.05) is 23.2 Å². The minimum absolute atomic E-state index is 0.0524. The fraction of sp³-hybridized carbons (Fsp3) is 0.652. The van der Waals surface area contributed by atoms with E-state index in [9.17, 15) is 19.8 Å². The fourth-order valence-electron chi connectivity index (χ4n) is 3.86. The second-order valence-electron chi connectivity index (χ2n) is 9.25. The van der Waals surface area contributed by atoms with E-state index >= 15 is 0 Å². The predicted molar refractivity (Wildman–Crippen MR) is 125 cm³/mol. The summed E-state index contributed by atoms with van der Waals surface area (Å²) in [7, 11) is 0. The van der Waals surface area contributed by atoms with Crippen molar-refractivity contribution in [2.45, 2.75) is 64.6 Å². The molecule has 2 unspecified atom stereocenters. The van der Waals surface area contributed by atoms with Crippen LogP contribution >= 0.6 is 23.2 Å². The van der Waals surface area contributed by atoms with E-state index in [0.29, 0.717) is 24.5 Å². The van der Waals surface area contributed by atoms with E-state index in [1.54, 1.807) is 9.80 Å². The van der Waals surface area contributed by atoms with Crippen LogP contribution in [-0.2, 0) is 9.53 Å². The third-order valence-electron chi connectivity index (χ3n) is 5.57. The van der Waals surface area contributed by atoms with Crippen LogP contribution in [0.15, 0.2) is 12.1 Å². The van der Waals surface area contributed by atoms with Crippen molar-refractivity contribution in [3.63, 3.8) is 0 Å². The molecule has 2 amide bonds. The van der Waals surface area contributed by atoms with Crippen LogP contribution in [-0.4, -0.2) is 64.3 Å². The van der Waals surface area contributed by atoms with Gasteiger partial charge >= 0.3 is 6.09 Å². The molecule has 2 heterocycles. The summed E-state index contributed by atoms with van der Waals surface area (Å²) in [5, 5.41) is 20.9. The van der Waals surface area contributed by atoms with Crippen molar-refractivity contribution in [3.05, 3.63) is 27.7 Å². The summed E-state index contributed by atoms with van der Waals surface area (Å²) in [5.41, 5.74) is -0.0802. The summed E-state index contributed by atoms with van der Waals surface area (Å²) in [5.74, 6) is -0.106. The number of halogens is 2.